The van der Waals surface area contributed by atoms with Crippen molar-refractivity contribution in [3.63, 3.8) is 0 Å². The third kappa shape index (κ3) is 3.76. The number of aromatic nitrogens is 2. The van der Waals surface area contributed by atoms with Crippen molar-refractivity contribution in [3.05, 3.63) is 64.8 Å². The minimum atomic E-state index is -0.892. The summed E-state index contributed by atoms with van der Waals surface area (Å²) in [5.74, 6) is -3.03. The SMILES string of the molecule is CC(C)(C)[C@H](C(N)=O)c1c(C(N)=O)ccc2c1c(C(N)=O)nn2Cc1ccccc1. The predicted octanol–water partition coefficient (Wildman–Crippen LogP) is 1.90. The van der Waals surface area contributed by atoms with Crippen molar-refractivity contribution in [2.45, 2.75) is 33.2 Å². The number of benzene rings is 2. The zero-order valence-corrected chi connectivity index (χ0v) is 17.2. The summed E-state index contributed by atoms with van der Waals surface area (Å²) in [4.78, 5) is 37.0. The summed E-state index contributed by atoms with van der Waals surface area (Å²) in [6.07, 6.45) is 0. The molecule has 1 heterocycles. The monoisotopic (exact) mass is 407 g/mol. The Bertz CT molecular complexity index is 1140. The van der Waals surface area contributed by atoms with Crippen LogP contribution in [0.5, 0.6) is 0 Å². The minimum absolute atomic E-state index is 0.0328. The highest BCUT2D eigenvalue weighted by Gasteiger charge is 2.37. The number of nitrogens with zero attached hydrogens (tertiary/aromatic N) is 2. The highest BCUT2D eigenvalue weighted by molar-refractivity contribution is 6.10. The standard InChI is InChI=1S/C22H25N5O3/c1-22(2,3)17(20(24)29)15-13(19(23)28)9-10-14-16(15)18(21(25)30)26-27(14)11-12-7-5-4-6-8-12/h4-10,17H,11H2,1-3H3,(H2,23,28)(H2,24,29)(H2,25,30)/t17-/m0/s1. The summed E-state index contributed by atoms with van der Waals surface area (Å²) in [5, 5.41) is 4.73. The van der Waals surface area contributed by atoms with Crippen LogP contribution in [0.1, 0.15) is 58.7 Å². The van der Waals surface area contributed by atoms with Gasteiger partial charge in [0, 0.05) is 10.9 Å². The fourth-order valence-electron chi connectivity index (χ4n) is 3.86. The number of rotatable bonds is 6. The van der Waals surface area contributed by atoms with Crippen LogP contribution in [0, 0.1) is 5.41 Å². The van der Waals surface area contributed by atoms with Crippen LogP contribution in [0.25, 0.3) is 10.9 Å². The summed E-state index contributed by atoms with van der Waals surface area (Å²) in [6.45, 7) is 5.84. The van der Waals surface area contributed by atoms with E-state index in [1.807, 2.05) is 51.1 Å². The molecule has 0 aliphatic carbocycles. The maximum absolute atomic E-state index is 12.5. The highest BCUT2D eigenvalue weighted by atomic mass is 16.2. The molecule has 8 nitrogen and oxygen atoms in total. The van der Waals surface area contributed by atoms with Crippen molar-refractivity contribution in [1.29, 1.82) is 0 Å². The largest absolute Gasteiger partial charge is 0.369 e. The maximum atomic E-state index is 12.5. The molecule has 0 aliphatic heterocycles. The van der Waals surface area contributed by atoms with Crippen LogP contribution >= 0.6 is 0 Å². The Balaban J connectivity index is 2.40. The normalized spacial score (nSPS) is 12.6. The molecule has 8 heteroatoms. The minimum Gasteiger partial charge on any atom is -0.369 e. The second-order valence-electron chi connectivity index (χ2n) is 8.34. The Morgan fingerprint density at radius 1 is 0.967 bits per heavy atom. The number of amides is 3. The van der Waals surface area contributed by atoms with Crippen molar-refractivity contribution in [2.24, 2.45) is 22.6 Å². The van der Waals surface area contributed by atoms with Gasteiger partial charge >= 0.3 is 0 Å². The zero-order valence-electron chi connectivity index (χ0n) is 17.2. The number of primary amides is 3. The fraction of sp³-hybridized carbons (Fsp3) is 0.273. The van der Waals surface area contributed by atoms with E-state index in [4.69, 9.17) is 17.2 Å². The highest BCUT2D eigenvalue weighted by Crippen LogP contribution is 2.41. The zero-order chi connectivity index (χ0) is 22.2. The molecular weight excluding hydrogens is 382 g/mol. The first-order valence-corrected chi connectivity index (χ1v) is 9.48. The maximum Gasteiger partial charge on any atom is 0.269 e. The summed E-state index contributed by atoms with van der Waals surface area (Å²) >= 11 is 0. The fourth-order valence-corrected chi connectivity index (χ4v) is 3.86. The van der Waals surface area contributed by atoms with Crippen LogP contribution in [0.4, 0.5) is 0 Å². The van der Waals surface area contributed by atoms with Crippen LogP contribution in [0.2, 0.25) is 0 Å². The van der Waals surface area contributed by atoms with E-state index in [9.17, 15) is 14.4 Å². The number of hydrogen-bond acceptors (Lipinski definition) is 4. The van der Waals surface area contributed by atoms with Gasteiger partial charge in [-0.3, -0.25) is 19.1 Å². The first kappa shape index (κ1) is 21.0. The molecule has 30 heavy (non-hydrogen) atoms. The number of carbonyl (C=O) groups is 3. The van der Waals surface area contributed by atoms with Gasteiger partial charge in [0.2, 0.25) is 11.8 Å². The van der Waals surface area contributed by atoms with E-state index in [1.54, 1.807) is 10.7 Å². The molecule has 6 N–H and O–H groups in total. The predicted molar refractivity (Wildman–Crippen MR) is 114 cm³/mol. The molecule has 3 rings (SSSR count). The van der Waals surface area contributed by atoms with Gasteiger partial charge in [-0.2, -0.15) is 5.10 Å². The van der Waals surface area contributed by atoms with Gasteiger partial charge in [0.1, 0.15) is 0 Å². The van der Waals surface area contributed by atoms with Crippen molar-refractivity contribution < 1.29 is 14.4 Å². The van der Waals surface area contributed by atoms with Gasteiger partial charge in [-0.1, -0.05) is 51.1 Å². The average molecular weight is 407 g/mol. The summed E-state index contributed by atoms with van der Waals surface area (Å²) in [5.41, 5.74) is 18.2. The third-order valence-electron chi connectivity index (χ3n) is 5.07. The lowest BCUT2D eigenvalue weighted by molar-refractivity contribution is -0.121. The molecule has 1 atom stereocenters. The van der Waals surface area contributed by atoms with Gasteiger partial charge in [0.25, 0.3) is 5.91 Å². The molecule has 0 spiro atoms. The van der Waals surface area contributed by atoms with Crippen molar-refractivity contribution >= 4 is 28.6 Å². The van der Waals surface area contributed by atoms with E-state index in [0.29, 0.717) is 17.4 Å². The first-order chi connectivity index (χ1) is 14.0. The van der Waals surface area contributed by atoms with Gasteiger partial charge in [0.05, 0.1) is 18.0 Å². The molecule has 2 aromatic carbocycles. The van der Waals surface area contributed by atoms with Crippen LogP contribution in [-0.4, -0.2) is 27.5 Å². The third-order valence-corrected chi connectivity index (χ3v) is 5.07. The lowest BCUT2D eigenvalue weighted by Crippen LogP contribution is -2.34. The Kier molecular flexibility index (Phi) is 5.35. The molecule has 1 aromatic heterocycles. The van der Waals surface area contributed by atoms with Crippen LogP contribution in [0.3, 0.4) is 0 Å². The van der Waals surface area contributed by atoms with E-state index in [1.165, 1.54) is 6.07 Å². The van der Waals surface area contributed by atoms with Gasteiger partial charge < -0.3 is 17.2 Å². The second kappa shape index (κ2) is 7.62. The Morgan fingerprint density at radius 2 is 1.60 bits per heavy atom. The quantitative estimate of drug-likeness (QED) is 0.572. The molecule has 0 saturated carbocycles. The number of hydrogen-bond donors (Lipinski definition) is 3. The van der Waals surface area contributed by atoms with E-state index in [-0.39, 0.29) is 16.8 Å². The van der Waals surface area contributed by atoms with Crippen LogP contribution in [-0.2, 0) is 11.3 Å². The first-order valence-electron chi connectivity index (χ1n) is 9.48. The van der Waals surface area contributed by atoms with Crippen molar-refractivity contribution in [2.75, 3.05) is 0 Å². The van der Waals surface area contributed by atoms with Crippen LogP contribution in [0.15, 0.2) is 42.5 Å². The van der Waals surface area contributed by atoms with E-state index >= 15 is 0 Å². The van der Waals surface area contributed by atoms with Gasteiger partial charge in [-0.25, -0.2) is 0 Å². The Morgan fingerprint density at radius 3 is 2.10 bits per heavy atom. The summed E-state index contributed by atoms with van der Waals surface area (Å²) < 4.78 is 1.62. The van der Waals surface area contributed by atoms with Gasteiger partial charge in [-0.05, 0) is 28.7 Å². The van der Waals surface area contributed by atoms with Gasteiger partial charge in [0.15, 0.2) is 5.69 Å². The summed E-state index contributed by atoms with van der Waals surface area (Å²) in [7, 11) is 0. The Hall–Kier alpha value is -3.68. The lowest BCUT2D eigenvalue weighted by atomic mass is 9.73. The molecule has 0 saturated heterocycles. The molecule has 0 unspecified atom stereocenters. The van der Waals surface area contributed by atoms with E-state index in [2.05, 4.69) is 5.10 Å². The molecule has 0 fully saturated rings. The van der Waals surface area contributed by atoms with Crippen molar-refractivity contribution in [3.8, 4) is 0 Å². The summed E-state index contributed by atoms with van der Waals surface area (Å²) in [6, 6.07) is 12.7. The number of carbonyl (C=O) groups excluding carboxylic acids is 3. The average Bonchev–Trinajstić information content (AvgIpc) is 3.00. The van der Waals surface area contributed by atoms with Crippen LogP contribution < -0.4 is 17.2 Å². The topological polar surface area (TPSA) is 147 Å². The Labute approximate surface area is 174 Å². The second-order valence-corrected chi connectivity index (χ2v) is 8.34. The molecule has 0 bridgehead atoms. The van der Waals surface area contributed by atoms with E-state index < -0.39 is 29.1 Å². The molecule has 0 aliphatic rings. The van der Waals surface area contributed by atoms with Crippen molar-refractivity contribution in [1.82, 2.24) is 9.78 Å². The number of nitrogens with two attached hydrogens (primary N) is 3. The lowest BCUT2D eigenvalue weighted by Gasteiger charge is -2.30. The van der Waals surface area contributed by atoms with E-state index in [0.717, 1.165) is 5.56 Å². The molecule has 0 radical (unpaired) electrons. The smallest absolute Gasteiger partial charge is 0.269 e. The number of fused-ring (bicyclic) bond motifs is 1. The molecule has 156 valence electrons. The molecule has 3 amide bonds. The molecule has 3 aromatic rings. The van der Waals surface area contributed by atoms with Gasteiger partial charge in [-0.15, -0.1) is 0 Å². The molecular formula is C22H25N5O3.